The van der Waals surface area contributed by atoms with Crippen LogP contribution in [-0.4, -0.2) is 44.3 Å². The van der Waals surface area contributed by atoms with Gasteiger partial charge in [-0.15, -0.1) is 0 Å². The number of nitrogens with one attached hydrogen (secondary N) is 1. The van der Waals surface area contributed by atoms with Crippen LogP contribution in [0.3, 0.4) is 0 Å². The Kier molecular flexibility index (Phi) is 7.74. The standard InChI is InChI=1S/C17H23ClN4O2.C7H9N/c1-17(2,11-3-5-22(6-4-11)16(19)24)15(23)13-8-12(18)7-10-9-20-21-14(10)13;1-2-7-5-3-4-6-8-7/h7-9,11,15,23H,3-6H2,1-2H3,(H2,19,24)(H,20,21);3-6H,2H2,1H3/t15-;/m1./s1. The first kappa shape index (κ1) is 24.0. The molecule has 1 aromatic carbocycles. The predicted octanol–water partition coefficient (Wildman–Crippen LogP) is 4.71. The number of halogens is 1. The SMILES string of the molecule is CC(C)(C1CCN(C(N)=O)CC1)[C@H](O)c1cc(Cl)cc2cn[nH]c12.CCc1ccccn1. The van der Waals surface area contributed by atoms with Crippen LogP contribution in [0.25, 0.3) is 10.9 Å². The van der Waals surface area contributed by atoms with E-state index in [2.05, 4.69) is 36.0 Å². The Morgan fingerprint density at radius 2 is 2.06 bits per heavy atom. The molecule has 3 heterocycles. The molecule has 32 heavy (non-hydrogen) atoms. The van der Waals surface area contributed by atoms with Crippen LogP contribution in [0.5, 0.6) is 0 Å². The average Bonchev–Trinajstić information content (AvgIpc) is 3.27. The summed E-state index contributed by atoms with van der Waals surface area (Å²) in [7, 11) is 0. The van der Waals surface area contributed by atoms with Gasteiger partial charge in [0.1, 0.15) is 0 Å². The first-order valence-corrected chi connectivity index (χ1v) is 11.4. The molecule has 0 aliphatic carbocycles. The van der Waals surface area contributed by atoms with Gasteiger partial charge in [-0.3, -0.25) is 10.1 Å². The number of nitrogens with zero attached hydrogens (tertiary/aromatic N) is 3. The Morgan fingerprint density at radius 3 is 2.62 bits per heavy atom. The summed E-state index contributed by atoms with van der Waals surface area (Å²) in [6.45, 7) is 7.48. The third-order valence-corrected chi connectivity index (χ3v) is 6.71. The number of urea groups is 1. The number of aryl methyl sites for hydroxylation is 1. The molecule has 0 unspecified atom stereocenters. The van der Waals surface area contributed by atoms with E-state index in [1.165, 1.54) is 0 Å². The van der Waals surface area contributed by atoms with E-state index < -0.39 is 6.10 Å². The van der Waals surface area contributed by atoms with Gasteiger partial charge in [0.15, 0.2) is 0 Å². The molecule has 3 aromatic rings. The predicted molar refractivity (Wildman–Crippen MR) is 127 cm³/mol. The maximum atomic E-state index is 11.3. The summed E-state index contributed by atoms with van der Waals surface area (Å²) < 4.78 is 0. The number of carbonyl (C=O) groups excluding carboxylic acids is 1. The van der Waals surface area contributed by atoms with Gasteiger partial charge in [-0.05, 0) is 54.9 Å². The number of benzene rings is 1. The van der Waals surface area contributed by atoms with Crippen molar-refractivity contribution in [1.82, 2.24) is 20.1 Å². The highest BCUT2D eigenvalue weighted by atomic mass is 35.5. The molecular weight excluding hydrogens is 426 g/mol. The van der Waals surface area contributed by atoms with Gasteiger partial charge >= 0.3 is 6.03 Å². The molecule has 0 saturated carbocycles. The minimum Gasteiger partial charge on any atom is -0.388 e. The topological polar surface area (TPSA) is 108 Å². The zero-order valence-electron chi connectivity index (χ0n) is 18.9. The number of likely N-dealkylation sites (tertiary alicyclic amines) is 1. The van der Waals surface area contributed by atoms with Gasteiger partial charge in [0.25, 0.3) is 0 Å². The molecule has 0 radical (unpaired) electrons. The summed E-state index contributed by atoms with van der Waals surface area (Å²) >= 11 is 6.20. The number of primary amides is 1. The second-order valence-electron chi connectivity index (χ2n) is 8.83. The number of nitrogens with two attached hydrogens (primary N) is 1. The number of hydrogen-bond donors (Lipinski definition) is 3. The molecule has 0 bridgehead atoms. The van der Waals surface area contributed by atoms with E-state index in [-0.39, 0.29) is 17.4 Å². The number of aliphatic hydroxyl groups is 1. The lowest BCUT2D eigenvalue weighted by atomic mass is 9.68. The smallest absolute Gasteiger partial charge is 0.314 e. The molecule has 8 heteroatoms. The van der Waals surface area contributed by atoms with E-state index in [9.17, 15) is 9.90 Å². The molecular formula is C24H32ClN5O2. The highest BCUT2D eigenvalue weighted by molar-refractivity contribution is 6.31. The highest BCUT2D eigenvalue weighted by Crippen LogP contribution is 2.46. The molecule has 1 atom stereocenters. The fourth-order valence-corrected chi connectivity index (χ4v) is 4.57. The van der Waals surface area contributed by atoms with Crippen LogP contribution in [0.15, 0.2) is 42.7 Å². The van der Waals surface area contributed by atoms with E-state index in [1.807, 2.05) is 30.5 Å². The van der Waals surface area contributed by atoms with Crippen LogP contribution in [0.4, 0.5) is 4.79 Å². The number of aromatic nitrogens is 3. The van der Waals surface area contributed by atoms with Crippen LogP contribution in [0.1, 0.15) is 51.0 Å². The summed E-state index contributed by atoms with van der Waals surface area (Å²) in [5, 5.41) is 19.6. The van der Waals surface area contributed by atoms with Crippen molar-refractivity contribution in [1.29, 1.82) is 0 Å². The minimum atomic E-state index is -0.690. The van der Waals surface area contributed by atoms with Gasteiger partial charge in [0.2, 0.25) is 0 Å². The van der Waals surface area contributed by atoms with Gasteiger partial charge in [0, 0.05) is 41.0 Å². The summed E-state index contributed by atoms with van der Waals surface area (Å²) in [4.78, 5) is 17.0. The van der Waals surface area contributed by atoms with Crippen LogP contribution < -0.4 is 5.73 Å². The fourth-order valence-electron chi connectivity index (χ4n) is 4.34. The first-order valence-electron chi connectivity index (χ1n) is 11.0. The van der Waals surface area contributed by atoms with E-state index in [4.69, 9.17) is 17.3 Å². The summed E-state index contributed by atoms with van der Waals surface area (Å²) in [6.07, 6.45) is 5.50. The summed E-state index contributed by atoms with van der Waals surface area (Å²) in [5.41, 5.74) is 7.72. The molecule has 1 aliphatic heterocycles. The van der Waals surface area contributed by atoms with Crippen molar-refractivity contribution in [3.05, 3.63) is 59.0 Å². The summed E-state index contributed by atoms with van der Waals surface area (Å²) in [5.74, 6) is 0.278. The number of aromatic amines is 1. The van der Waals surface area contributed by atoms with Crippen LogP contribution in [-0.2, 0) is 6.42 Å². The van der Waals surface area contributed by atoms with Crippen molar-refractivity contribution in [3.63, 3.8) is 0 Å². The second-order valence-corrected chi connectivity index (χ2v) is 9.26. The van der Waals surface area contributed by atoms with Gasteiger partial charge in [0.05, 0.1) is 17.8 Å². The van der Waals surface area contributed by atoms with Crippen molar-refractivity contribution in [2.75, 3.05) is 13.1 Å². The molecule has 2 amide bonds. The van der Waals surface area contributed by atoms with Gasteiger partial charge in [-0.25, -0.2) is 4.79 Å². The second kappa shape index (κ2) is 10.3. The maximum absolute atomic E-state index is 11.3. The van der Waals surface area contributed by atoms with Gasteiger partial charge in [-0.1, -0.05) is 38.4 Å². The lowest BCUT2D eigenvalue weighted by molar-refractivity contribution is -0.0140. The quantitative estimate of drug-likeness (QED) is 0.527. The minimum absolute atomic E-state index is 0.278. The molecule has 1 fully saturated rings. The molecule has 4 rings (SSSR count). The lowest BCUT2D eigenvalue weighted by Crippen LogP contribution is -2.45. The molecule has 172 valence electrons. The Labute approximate surface area is 194 Å². The highest BCUT2D eigenvalue weighted by Gasteiger charge is 2.40. The Hall–Kier alpha value is -2.64. The molecule has 1 aliphatic rings. The average molecular weight is 458 g/mol. The number of pyridine rings is 1. The van der Waals surface area contributed by atoms with Crippen LogP contribution in [0, 0.1) is 11.3 Å². The Morgan fingerprint density at radius 1 is 1.34 bits per heavy atom. The third kappa shape index (κ3) is 5.40. The van der Waals surface area contributed by atoms with Crippen molar-refractivity contribution in [2.24, 2.45) is 17.1 Å². The van der Waals surface area contributed by atoms with Crippen molar-refractivity contribution >= 4 is 28.5 Å². The Bertz CT molecular complexity index is 1030. The number of H-pyrrole nitrogens is 1. The van der Waals surface area contributed by atoms with Crippen LogP contribution >= 0.6 is 11.6 Å². The zero-order valence-corrected chi connectivity index (χ0v) is 19.6. The van der Waals surface area contributed by atoms with E-state index >= 15 is 0 Å². The molecule has 7 nitrogen and oxygen atoms in total. The first-order chi connectivity index (χ1) is 15.2. The third-order valence-electron chi connectivity index (χ3n) is 6.49. The number of amides is 2. The molecule has 4 N–H and O–H groups in total. The number of aliphatic hydroxyl groups excluding tert-OH is 1. The van der Waals surface area contributed by atoms with Crippen molar-refractivity contribution in [3.8, 4) is 0 Å². The fraction of sp³-hybridized carbons (Fsp3) is 0.458. The molecule has 2 aromatic heterocycles. The monoisotopic (exact) mass is 457 g/mol. The zero-order chi connectivity index (χ0) is 23.3. The maximum Gasteiger partial charge on any atom is 0.314 e. The number of hydrogen-bond acceptors (Lipinski definition) is 4. The van der Waals surface area contributed by atoms with E-state index in [0.29, 0.717) is 18.1 Å². The normalized spacial score (nSPS) is 15.8. The number of piperidine rings is 1. The van der Waals surface area contributed by atoms with Crippen LogP contribution in [0.2, 0.25) is 5.02 Å². The Balaban J connectivity index is 0.000000305. The molecule has 1 saturated heterocycles. The lowest BCUT2D eigenvalue weighted by Gasteiger charge is -2.43. The number of fused-ring (bicyclic) bond motifs is 1. The van der Waals surface area contributed by atoms with E-state index in [1.54, 1.807) is 17.2 Å². The largest absolute Gasteiger partial charge is 0.388 e. The van der Waals surface area contributed by atoms with Crippen molar-refractivity contribution < 1.29 is 9.90 Å². The summed E-state index contributed by atoms with van der Waals surface area (Å²) in [6, 6.07) is 9.22. The van der Waals surface area contributed by atoms with E-state index in [0.717, 1.165) is 41.4 Å². The van der Waals surface area contributed by atoms with Gasteiger partial charge < -0.3 is 15.7 Å². The molecule has 0 spiro atoms. The van der Waals surface area contributed by atoms with Gasteiger partial charge in [-0.2, -0.15) is 5.10 Å². The number of carbonyl (C=O) groups is 1. The van der Waals surface area contributed by atoms with Crippen molar-refractivity contribution in [2.45, 2.75) is 46.1 Å². The number of rotatable bonds is 4.